The number of alkyl halides is 1. The van der Waals surface area contributed by atoms with E-state index in [1.807, 2.05) is 0 Å². The summed E-state index contributed by atoms with van der Waals surface area (Å²) >= 11 is 7.26. The van der Waals surface area contributed by atoms with Gasteiger partial charge in [0.05, 0.1) is 0 Å². The maximum absolute atomic E-state index is 3.80. The third-order valence-electron chi connectivity index (χ3n) is 3.18. The Balaban J connectivity index is 1.82. The van der Waals surface area contributed by atoms with Gasteiger partial charge in [-0.3, -0.25) is 0 Å². The molecule has 1 atom stereocenters. The van der Waals surface area contributed by atoms with Crippen molar-refractivity contribution in [3.63, 3.8) is 0 Å². The second kappa shape index (κ2) is 5.49. The zero-order valence-corrected chi connectivity index (χ0v) is 11.9. The van der Waals surface area contributed by atoms with Crippen LogP contribution in [0.15, 0.2) is 28.7 Å². The Morgan fingerprint density at radius 2 is 1.87 bits per heavy atom. The average molecular weight is 332 g/mol. The quantitative estimate of drug-likeness (QED) is 0.685. The van der Waals surface area contributed by atoms with Gasteiger partial charge in [0.1, 0.15) is 0 Å². The first kappa shape index (κ1) is 11.7. The van der Waals surface area contributed by atoms with Gasteiger partial charge in [0, 0.05) is 9.30 Å². The predicted octanol–water partition coefficient (Wildman–Crippen LogP) is 4.95. The summed E-state index contributed by atoms with van der Waals surface area (Å²) in [5, 5.41) is 0. The van der Waals surface area contributed by atoms with Gasteiger partial charge >= 0.3 is 0 Å². The zero-order valence-electron chi connectivity index (χ0n) is 8.76. The standard InChI is InChI=1S/C13H16Br2/c14-12-6-4-11(5-7-12)9-13(15)8-10-2-1-3-10/h4-7,10,13H,1-3,8-9H2. The molecule has 1 aliphatic carbocycles. The Bertz CT molecular complexity index is 301. The first-order chi connectivity index (χ1) is 7.24. The van der Waals surface area contributed by atoms with E-state index in [9.17, 15) is 0 Å². The summed E-state index contributed by atoms with van der Waals surface area (Å²) in [6.45, 7) is 0. The van der Waals surface area contributed by atoms with Crippen molar-refractivity contribution < 1.29 is 0 Å². The summed E-state index contributed by atoms with van der Waals surface area (Å²) in [7, 11) is 0. The molecule has 1 fully saturated rings. The van der Waals surface area contributed by atoms with Gasteiger partial charge in [-0.1, -0.05) is 63.3 Å². The molecule has 0 nitrogen and oxygen atoms in total. The van der Waals surface area contributed by atoms with Crippen molar-refractivity contribution >= 4 is 31.9 Å². The van der Waals surface area contributed by atoms with E-state index in [2.05, 4.69) is 56.1 Å². The lowest BCUT2D eigenvalue weighted by atomic mass is 9.81. The van der Waals surface area contributed by atoms with Crippen molar-refractivity contribution in [2.45, 2.75) is 36.9 Å². The molecule has 0 heterocycles. The molecule has 0 saturated heterocycles. The SMILES string of the molecule is Brc1ccc(CC(Br)CC2CCC2)cc1. The molecule has 1 saturated carbocycles. The molecule has 0 spiro atoms. The second-order valence-corrected chi connectivity index (χ2v) is 6.67. The highest BCUT2D eigenvalue weighted by Crippen LogP contribution is 2.33. The van der Waals surface area contributed by atoms with Crippen molar-refractivity contribution in [3.8, 4) is 0 Å². The van der Waals surface area contributed by atoms with E-state index in [1.54, 1.807) is 0 Å². The lowest BCUT2D eigenvalue weighted by Crippen LogP contribution is -2.17. The Morgan fingerprint density at radius 3 is 2.40 bits per heavy atom. The fourth-order valence-corrected chi connectivity index (χ4v) is 3.22. The maximum atomic E-state index is 3.80. The van der Waals surface area contributed by atoms with Crippen LogP contribution in [0, 0.1) is 5.92 Å². The van der Waals surface area contributed by atoms with Gasteiger partial charge in [0.25, 0.3) is 0 Å². The van der Waals surface area contributed by atoms with E-state index in [4.69, 9.17) is 0 Å². The number of hydrogen-bond donors (Lipinski definition) is 0. The fraction of sp³-hybridized carbons (Fsp3) is 0.538. The molecule has 2 heteroatoms. The second-order valence-electron chi connectivity index (χ2n) is 4.46. The van der Waals surface area contributed by atoms with E-state index >= 15 is 0 Å². The number of hydrogen-bond acceptors (Lipinski definition) is 0. The lowest BCUT2D eigenvalue weighted by Gasteiger charge is -2.27. The monoisotopic (exact) mass is 330 g/mol. The Labute approximate surface area is 109 Å². The minimum Gasteiger partial charge on any atom is -0.0887 e. The fourth-order valence-electron chi connectivity index (χ4n) is 2.05. The van der Waals surface area contributed by atoms with Crippen molar-refractivity contribution in [1.82, 2.24) is 0 Å². The molecule has 1 aromatic carbocycles. The maximum Gasteiger partial charge on any atom is 0.0188 e. The predicted molar refractivity (Wildman–Crippen MR) is 72.5 cm³/mol. The normalized spacial score (nSPS) is 18.5. The summed E-state index contributed by atoms with van der Waals surface area (Å²) in [6, 6.07) is 8.66. The van der Waals surface area contributed by atoms with Crippen LogP contribution in [-0.2, 0) is 6.42 Å². The van der Waals surface area contributed by atoms with Gasteiger partial charge in [-0.2, -0.15) is 0 Å². The third kappa shape index (κ3) is 3.60. The molecule has 1 aromatic rings. The topological polar surface area (TPSA) is 0 Å². The van der Waals surface area contributed by atoms with Crippen molar-refractivity contribution in [1.29, 1.82) is 0 Å². The smallest absolute Gasteiger partial charge is 0.0188 e. The van der Waals surface area contributed by atoms with Crippen LogP contribution in [0.3, 0.4) is 0 Å². The van der Waals surface area contributed by atoms with Crippen LogP contribution in [0.4, 0.5) is 0 Å². The van der Waals surface area contributed by atoms with Gasteiger partial charge in [-0.15, -0.1) is 0 Å². The Morgan fingerprint density at radius 1 is 1.20 bits per heavy atom. The highest BCUT2D eigenvalue weighted by Gasteiger charge is 2.20. The van der Waals surface area contributed by atoms with Crippen LogP contribution in [0.5, 0.6) is 0 Å². The molecule has 1 unspecified atom stereocenters. The molecular formula is C13H16Br2. The van der Waals surface area contributed by atoms with Crippen molar-refractivity contribution in [2.24, 2.45) is 5.92 Å². The van der Waals surface area contributed by atoms with Gasteiger partial charge in [0.15, 0.2) is 0 Å². The van der Waals surface area contributed by atoms with E-state index in [0.29, 0.717) is 4.83 Å². The van der Waals surface area contributed by atoms with E-state index in [0.717, 1.165) is 16.8 Å². The van der Waals surface area contributed by atoms with E-state index in [-0.39, 0.29) is 0 Å². The first-order valence-corrected chi connectivity index (χ1v) is 7.33. The van der Waals surface area contributed by atoms with Gasteiger partial charge in [0.2, 0.25) is 0 Å². The first-order valence-electron chi connectivity index (χ1n) is 5.62. The molecule has 0 amide bonds. The molecule has 0 aliphatic heterocycles. The summed E-state index contributed by atoms with van der Waals surface area (Å²) in [6.07, 6.45) is 6.84. The van der Waals surface area contributed by atoms with Crippen molar-refractivity contribution in [3.05, 3.63) is 34.3 Å². The summed E-state index contributed by atoms with van der Waals surface area (Å²) in [5.41, 5.74) is 1.43. The molecular weight excluding hydrogens is 316 g/mol. The summed E-state index contributed by atoms with van der Waals surface area (Å²) in [4.78, 5) is 0.656. The highest BCUT2D eigenvalue weighted by atomic mass is 79.9. The van der Waals surface area contributed by atoms with E-state index < -0.39 is 0 Å². The van der Waals surface area contributed by atoms with Crippen LogP contribution in [0.1, 0.15) is 31.2 Å². The molecule has 0 bridgehead atoms. The summed E-state index contributed by atoms with van der Waals surface area (Å²) < 4.78 is 1.16. The van der Waals surface area contributed by atoms with Crippen LogP contribution in [-0.4, -0.2) is 4.83 Å². The zero-order chi connectivity index (χ0) is 10.7. The molecule has 0 aromatic heterocycles. The van der Waals surface area contributed by atoms with E-state index in [1.165, 1.54) is 31.2 Å². The van der Waals surface area contributed by atoms with Crippen molar-refractivity contribution in [2.75, 3.05) is 0 Å². The minimum absolute atomic E-state index is 0.656. The van der Waals surface area contributed by atoms with Crippen LogP contribution >= 0.6 is 31.9 Å². The van der Waals surface area contributed by atoms with Gasteiger partial charge < -0.3 is 0 Å². The molecule has 2 rings (SSSR count). The third-order valence-corrected chi connectivity index (χ3v) is 4.41. The molecule has 82 valence electrons. The molecule has 1 aliphatic rings. The van der Waals surface area contributed by atoms with Crippen LogP contribution in [0.25, 0.3) is 0 Å². The highest BCUT2D eigenvalue weighted by molar-refractivity contribution is 9.10. The Hall–Kier alpha value is 0.180. The number of benzene rings is 1. The number of halogens is 2. The van der Waals surface area contributed by atoms with Gasteiger partial charge in [-0.25, -0.2) is 0 Å². The minimum atomic E-state index is 0.656. The largest absolute Gasteiger partial charge is 0.0887 e. The molecule has 0 N–H and O–H groups in total. The molecule has 15 heavy (non-hydrogen) atoms. The van der Waals surface area contributed by atoms with Crippen LogP contribution in [0.2, 0.25) is 0 Å². The van der Waals surface area contributed by atoms with Gasteiger partial charge in [-0.05, 0) is 36.5 Å². The number of rotatable bonds is 4. The average Bonchev–Trinajstić information content (AvgIpc) is 2.16. The van der Waals surface area contributed by atoms with Crippen LogP contribution < -0.4 is 0 Å². The molecule has 0 radical (unpaired) electrons. The Kier molecular flexibility index (Phi) is 4.27. The summed E-state index contributed by atoms with van der Waals surface area (Å²) in [5.74, 6) is 0.991. The lowest BCUT2D eigenvalue weighted by molar-refractivity contribution is 0.294.